The highest BCUT2D eigenvalue weighted by Gasteiger charge is 2.20. The van der Waals surface area contributed by atoms with Gasteiger partial charge in [0.1, 0.15) is 0 Å². The second-order valence-corrected chi connectivity index (χ2v) is 9.46. The predicted octanol–water partition coefficient (Wildman–Crippen LogP) is 8.70. The second-order valence-electron chi connectivity index (χ2n) is 9.46. The van der Waals surface area contributed by atoms with Gasteiger partial charge in [-0.1, -0.05) is 109 Å². The van der Waals surface area contributed by atoms with Crippen molar-refractivity contribution < 1.29 is 0 Å². The Morgan fingerprint density at radius 3 is 1.86 bits per heavy atom. The zero-order chi connectivity index (χ0) is 24.3. The largest absolute Gasteiger partial charge is 0.306 e. The molecule has 0 aliphatic heterocycles. The summed E-state index contributed by atoms with van der Waals surface area (Å²) in [4.78, 5) is 9.58. The van der Waals surface area contributed by atoms with Crippen LogP contribution in [-0.4, -0.2) is 14.5 Å². The Labute approximate surface area is 213 Å². The maximum Gasteiger partial charge on any atom is 0.159 e. The van der Waals surface area contributed by atoms with Crippen molar-refractivity contribution in [3.8, 4) is 17.1 Å². The summed E-state index contributed by atoms with van der Waals surface area (Å²) in [6, 6.07) is 40.8. The number of para-hydroxylation sites is 1. The number of rotatable bonds is 2. The Balaban J connectivity index is 1.58. The minimum absolute atomic E-state index is 0.728. The Hall–Kier alpha value is -5.02. The molecule has 0 spiro atoms. The van der Waals surface area contributed by atoms with E-state index in [-0.39, 0.29) is 0 Å². The van der Waals surface area contributed by atoms with Gasteiger partial charge in [-0.25, -0.2) is 9.97 Å². The molecule has 0 atom stereocenters. The van der Waals surface area contributed by atoms with Gasteiger partial charge >= 0.3 is 0 Å². The molecule has 0 saturated heterocycles. The molecule has 6 aromatic carbocycles. The van der Waals surface area contributed by atoms with Crippen molar-refractivity contribution in [3.63, 3.8) is 0 Å². The van der Waals surface area contributed by atoms with Gasteiger partial charge in [-0.15, -0.1) is 0 Å². The maximum atomic E-state index is 4.79. The van der Waals surface area contributed by atoms with Crippen molar-refractivity contribution in [1.82, 2.24) is 14.5 Å². The number of fused-ring (bicyclic) bond motifs is 10. The Morgan fingerprint density at radius 2 is 1.05 bits per heavy atom. The van der Waals surface area contributed by atoms with E-state index < -0.39 is 0 Å². The van der Waals surface area contributed by atoms with Crippen molar-refractivity contribution >= 4 is 54.1 Å². The standard InChI is InChI=1S/C34H21N3/c1-2-11-23(12-3-1)34-35-20-24(21-36-34)37-30-17-9-8-16-29(30)32-27-15-7-6-14-26(27)28-19-18-22-10-4-5-13-25(22)31(28)33(32)37/h1-21H. The Bertz CT molecular complexity index is 2120. The molecule has 37 heavy (non-hydrogen) atoms. The topological polar surface area (TPSA) is 30.7 Å². The average molecular weight is 472 g/mol. The van der Waals surface area contributed by atoms with Crippen molar-refractivity contribution in [2.75, 3.05) is 0 Å². The van der Waals surface area contributed by atoms with E-state index >= 15 is 0 Å². The third kappa shape index (κ3) is 2.88. The fraction of sp³-hybridized carbons (Fsp3) is 0. The summed E-state index contributed by atoms with van der Waals surface area (Å²) < 4.78 is 2.35. The van der Waals surface area contributed by atoms with Gasteiger partial charge in [-0.2, -0.15) is 0 Å². The Kier molecular flexibility index (Phi) is 4.23. The third-order valence-electron chi connectivity index (χ3n) is 7.46. The van der Waals surface area contributed by atoms with Crippen LogP contribution in [0.25, 0.3) is 71.2 Å². The first-order valence-electron chi connectivity index (χ1n) is 12.5. The smallest absolute Gasteiger partial charge is 0.159 e. The molecule has 0 bridgehead atoms. The number of hydrogen-bond acceptors (Lipinski definition) is 2. The van der Waals surface area contributed by atoms with Gasteiger partial charge in [0.2, 0.25) is 0 Å². The van der Waals surface area contributed by atoms with E-state index in [1.54, 1.807) is 0 Å². The first-order valence-corrected chi connectivity index (χ1v) is 12.5. The van der Waals surface area contributed by atoms with Gasteiger partial charge in [0.15, 0.2) is 5.82 Å². The highest BCUT2D eigenvalue weighted by Crippen LogP contribution is 2.44. The summed E-state index contributed by atoms with van der Waals surface area (Å²) in [5, 5.41) is 10.0. The van der Waals surface area contributed by atoms with Crippen LogP contribution in [0.2, 0.25) is 0 Å². The van der Waals surface area contributed by atoms with E-state index in [4.69, 9.17) is 9.97 Å². The molecular formula is C34H21N3. The van der Waals surface area contributed by atoms with Gasteiger partial charge in [-0.05, 0) is 33.0 Å². The van der Waals surface area contributed by atoms with Gasteiger partial charge in [0.25, 0.3) is 0 Å². The molecular weight excluding hydrogens is 450 g/mol. The number of benzene rings is 6. The average Bonchev–Trinajstić information content (AvgIpc) is 3.33. The zero-order valence-corrected chi connectivity index (χ0v) is 20.0. The molecule has 0 unspecified atom stereocenters. The monoisotopic (exact) mass is 471 g/mol. The second kappa shape index (κ2) is 7.74. The van der Waals surface area contributed by atoms with Crippen LogP contribution < -0.4 is 0 Å². The van der Waals surface area contributed by atoms with Crippen LogP contribution in [0.4, 0.5) is 0 Å². The highest BCUT2D eigenvalue weighted by molar-refractivity contribution is 6.36. The quantitative estimate of drug-likeness (QED) is 0.236. The highest BCUT2D eigenvalue weighted by atomic mass is 15.0. The lowest BCUT2D eigenvalue weighted by molar-refractivity contribution is 1.08. The molecule has 0 aliphatic rings. The molecule has 8 aromatic rings. The van der Waals surface area contributed by atoms with E-state index in [2.05, 4.69) is 89.5 Å². The van der Waals surface area contributed by atoms with Crippen molar-refractivity contribution in [1.29, 1.82) is 0 Å². The SMILES string of the molecule is c1ccc(-c2ncc(-n3c4ccccc4c4c5ccccc5c5ccc6ccccc6c5c43)cn2)cc1. The zero-order valence-electron chi connectivity index (χ0n) is 20.0. The van der Waals surface area contributed by atoms with Crippen LogP contribution >= 0.6 is 0 Å². The fourth-order valence-corrected chi connectivity index (χ4v) is 5.88. The predicted molar refractivity (Wildman–Crippen MR) is 154 cm³/mol. The van der Waals surface area contributed by atoms with Gasteiger partial charge < -0.3 is 4.57 Å². The summed E-state index contributed by atoms with van der Waals surface area (Å²) in [6.45, 7) is 0. The third-order valence-corrected chi connectivity index (χ3v) is 7.46. The summed E-state index contributed by atoms with van der Waals surface area (Å²) in [6.07, 6.45) is 3.90. The fourth-order valence-electron chi connectivity index (χ4n) is 5.88. The minimum atomic E-state index is 0.728. The molecule has 3 heteroatoms. The summed E-state index contributed by atoms with van der Waals surface area (Å²) in [7, 11) is 0. The lowest BCUT2D eigenvalue weighted by Gasteiger charge is -2.14. The van der Waals surface area contributed by atoms with E-state index in [0.29, 0.717) is 0 Å². The van der Waals surface area contributed by atoms with E-state index in [0.717, 1.165) is 22.6 Å². The molecule has 0 saturated carbocycles. The molecule has 2 heterocycles. The van der Waals surface area contributed by atoms with Crippen LogP contribution in [0, 0.1) is 0 Å². The van der Waals surface area contributed by atoms with Crippen molar-refractivity contribution in [2.45, 2.75) is 0 Å². The molecule has 0 amide bonds. The Morgan fingerprint density at radius 1 is 0.459 bits per heavy atom. The molecule has 8 rings (SSSR count). The van der Waals surface area contributed by atoms with E-state index in [1.165, 1.54) is 48.6 Å². The van der Waals surface area contributed by atoms with Gasteiger partial charge in [0, 0.05) is 21.7 Å². The lowest BCUT2D eigenvalue weighted by Crippen LogP contribution is -1.98. The molecule has 2 aromatic heterocycles. The van der Waals surface area contributed by atoms with Crippen LogP contribution in [0.3, 0.4) is 0 Å². The molecule has 0 aliphatic carbocycles. The lowest BCUT2D eigenvalue weighted by atomic mass is 9.93. The van der Waals surface area contributed by atoms with E-state index in [9.17, 15) is 0 Å². The number of aromatic nitrogens is 3. The number of hydrogen-bond donors (Lipinski definition) is 0. The van der Waals surface area contributed by atoms with Crippen LogP contribution in [0.15, 0.2) is 128 Å². The molecule has 0 fully saturated rings. The molecule has 0 N–H and O–H groups in total. The first-order chi connectivity index (χ1) is 18.4. The van der Waals surface area contributed by atoms with Gasteiger partial charge in [0.05, 0.1) is 29.1 Å². The van der Waals surface area contributed by atoms with Crippen LogP contribution in [-0.2, 0) is 0 Å². The first kappa shape index (κ1) is 20.2. The minimum Gasteiger partial charge on any atom is -0.306 e. The molecule has 0 radical (unpaired) electrons. The number of nitrogens with zero attached hydrogens (tertiary/aromatic N) is 3. The molecule has 172 valence electrons. The van der Waals surface area contributed by atoms with Gasteiger partial charge in [-0.3, -0.25) is 0 Å². The van der Waals surface area contributed by atoms with E-state index in [1.807, 2.05) is 42.7 Å². The molecule has 3 nitrogen and oxygen atoms in total. The summed E-state index contributed by atoms with van der Waals surface area (Å²) in [5.74, 6) is 0.728. The van der Waals surface area contributed by atoms with Crippen LogP contribution in [0.1, 0.15) is 0 Å². The van der Waals surface area contributed by atoms with Crippen molar-refractivity contribution in [3.05, 3.63) is 128 Å². The summed E-state index contributed by atoms with van der Waals surface area (Å²) >= 11 is 0. The maximum absolute atomic E-state index is 4.79. The van der Waals surface area contributed by atoms with Crippen LogP contribution in [0.5, 0.6) is 0 Å². The normalized spacial score (nSPS) is 11.8. The van der Waals surface area contributed by atoms with Crippen molar-refractivity contribution in [2.24, 2.45) is 0 Å². The summed E-state index contributed by atoms with van der Waals surface area (Å²) in [5.41, 5.74) is 4.32.